The molecule has 0 spiro atoms. The van der Waals surface area contributed by atoms with Crippen molar-refractivity contribution in [2.24, 2.45) is 0 Å². The zero-order chi connectivity index (χ0) is 19.2. The summed E-state index contributed by atoms with van der Waals surface area (Å²) in [7, 11) is 0. The lowest BCUT2D eigenvalue weighted by Crippen LogP contribution is -2.19. The number of carbonyl (C=O) groups is 1. The number of aromatic amines is 1. The number of amides is 1. The number of nitrogens with one attached hydrogen (secondary N) is 2. The molecule has 0 radical (unpaired) electrons. The zero-order valence-corrected chi connectivity index (χ0v) is 16.5. The number of rotatable bonds is 7. The predicted octanol–water partition coefficient (Wildman–Crippen LogP) is 4.90. The van der Waals surface area contributed by atoms with E-state index < -0.39 is 0 Å². The highest BCUT2D eigenvalue weighted by molar-refractivity contribution is 7.71. The largest absolute Gasteiger partial charge is 0.325 e. The molecule has 2 N–H and O–H groups in total. The van der Waals surface area contributed by atoms with Crippen LogP contribution in [0.4, 0.5) is 5.69 Å². The highest BCUT2D eigenvalue weighted by atomic mass is 32.1. The second-order valence-electron chi connectivity index (χ2n) is 6.65. The maximum atomic E-state index is 12.5. The number of hydrogen-bond donors (Lipinski definition) is 2. The molecule has 27 heavy (non-hydrogen) atoms. The fourth-order valence-electron chi connectivity index (χ4n) is 2.87. The predicted molar refractivity (Wildman–Crippen MR) is 111 cm³/mol. The molecular formula is C21H24N4OS. The van der Waals surface area contributed by atoms with Crippen molar-refractivity contribution in [2.45, 2.75) is 39.7 Å². The number of anilines is 1. The average Bonchev–Trinajstić information content (AvgIpc) is 3.02. The van der Waals surface area contributed by atoms with Crippen molar-refractivity contribution in [3.8, 4) is 11.4 Å². The van der Waals surface area contributed by atoms with Crippen molar-refractivity contribution in [2.75, 3.05) is 5.32 Å². The molecule has 2 aromatic carbocycles. The average molecular weight is 381 g/mol. The second kappa shape index (κ2) is 8.77. The quantitative estimate of drug-likeness (QED) is 0.573. The highest BCUT2D eigenvalue weighted by Crippen LogP contribution is 2.18. The molecule has 0 atom stereocenters. The van der Waals surface area contributed by atoms with Crippen LogP contribution in [0.2, 0.25) is 0 Å². The Bertz CT molecular complexity index is 955. The van der Waals surface area contributed by atoms with Gasteiger partial charge in [0.1, 0.15) is 6.54 Å². The van der Waals surface area contributed by atoms with Crippen LogP contribution < -0.4 is 5.32 Å². The molecule has 3 aromatic rings. The van der Waals surface area contributed by atoms with E-state index in [0.29, 0.717) is 10.6 Å². The third kappa shape index (κ3) is 4.92. The van der Waals surface area contributed by atoms with E-state index in [1.807, 2.05) is 43.3 Å². The summed E-state index contributed by atoms with van der Waals surface area (Å²) >= 11 is 5.30. The Hall–Kier alpha value is -2.73. The molecule has 0 aliphatic carbocycles. The zero-order valence-electron chi connectivity index (χ0n) is 15.7. The lowest BCUT2D eigenvalue weighted by molar-refractivity contribution is -0.116. The molecular weight excluding hydrogens is 356 g/mol. The first kappa shape index (κ1) is 19.0. The van der Waals surface area contributed by atoms with Gasteiger partial charge in [-0.1, -0.05) is 55.3 Å². The van der Waals surface area contributed by atoms with Gasteiger partial charge in [0, 0.05) is 11.3 Å². The van der Waals surface area contributed by atoms with Crippen LogP contribution in [0.5, 0.6) is 0 Å². The lowest BCUT2D eigenvalue weighted by Gasteiger charge is -2.09. The minimum Gasteiger partial charge on any atom is -0.325 e. The maximum Gasteiger partial charge on any atom is 0.244 e. The molecule has 1 heterocycles. The Kier molecular flexibility index (Phi) is 6.19. The number of aryl methyl sites for hydroxylation is 2. The van der Waals surface area contributed by atoms with Gasteiger partial charge in [-0.3, -0.25) is 14.5 Å². The lowest BCUT2D eigenvalue weighted by atomic mass is 10.1. The topological polar surface area (TPSA) is 62.7 Å². The standard InChI is InChI=1S/C21H24N4OS/c1-3-4-5-16-8-12-18(13-9-16)22-19(26)14-25-20(23-24-21(25)27)17-10-6-15(2)7-11-17/h6-13H,3-5,14H2,1-2H3,(H,22,26)(H,24,27). The Balaban J connectivity index is 1.70. The van der Waals surface area contributed by atoms with Gasteiger partial charge in [-0.25, -0.2) is 0 Å². The van der Waals surface area contributed by atoms with E-state index in [4.69, 9.17) is 12.2 Å². The van der Waals surface area contributed by atoms with Crippen LogP contribution in [-0.4, -0.2) is 20.7 Å². The van der Waals surface area contributed by atoms with Crippen molar-refractivity contribution < 1.29 is 4.79 Å². The van der Waals surface area contributed by atoms with Gasteiger partial charge in [0.25, 0.3) is 0 Å². The van der Waals surface area contributed by atoms with Crippen LogP contribution in [0.3, 0.4) is 0 Å². The van der Waals surface area contributed by atoms with Gasteiger partial charge in [0.15, 0.2) is 10.6 Å². The smallest absolute Gasteiger partial charge is 0.244 e. The number of H-pyrrole nitrogens is 1. The van der Waals surface area contributed by atoms with Gasteiger partial charge in [0.2, 0.25) is 5.91 Å². The van der Waals surface area contributed by atoms with Gasteiger partial charge in [-0.05, 0) is 49.7 Å². The van der Waals surface area contributed by atoms with Crippen LogP contribution in [0.1, 0.15) is 30.9 Å². The van der Waals surface area contributed by atoms with E-state index in [1.54, 1.807) is 4.57 Å². The maximum absolute atomic E-state index is 12.5. The van der Waals surface area contributed by atoms with Crippen molar-refractivity contribution in [1.29, 1.82) is 0 Å². The summed E-state index contributed by atoms with van der Waals surface area (Å²) in [6, 6.07) is 16.0. The summed E-state index contributed by atoms with van der Waals surface area (Å²) < 4.78 is 2.14. The van der Waals surface area contributed by atoms with Gasteiger partial charge in [-0.2, -0.15) is 5.10 Å². The van der Waals surface area contributed by atoms with E-state index in [0.717, 1.165) is 17.7 Å². The molecule has 3 rings (SSSR count). The molecule has 5 nitrogen and oxygen atoms in total. The third-order valence-corrected chi connectivity index (χ3v) is 4.74. The van der Waals surface area contributed by atoms with Crippen LogP contribution in [-0.2, 0) is 17.8 Å². The number of hydrogen-bond acceptors (Lipinski definition) is 3. The van der Waals surface area contributed by atoms with Gasteiger partial charge in [0.05, 0.1) is 0 Å². The molecule has 0 saturated carbocycles. The van der Waals surface area contributed by atoms with Crippen molar-refractivity contribution >= 4 is 23.8 Å². The number of benzene rings is 2. The van der Waals surface area contributed by atoms with Gasteiger partial charge >= 0.3 is 0 Å². The van der Waals surface area contributed by atoms with Crippen molar-refractivity contribution in [1.82, 2.24) is 14.8 Å². The molecule has 0 aliphatic rings. The van der Waals surface area contributed by atoms with Gasteiger partial charge in [-0.15, -0.1) is 0 Å². The summed E-state index contributed by atoms with van der Waals surface area (Å²) in [5, 5.41) is 9.99. The molecule has 0 fully saturated rings. The first-order valence-electron chi connectivity index (χ1n) is 9.18. The number of nitrogens with zero attached hydrogens (tertiary/aromatic N) is 2. The molecule has 6 heteroatoms. The molecule has 0 bridgehead atoms. The Labute approximate surface area is 164 Å². The normalized spacial score (nSPS) is 10.7. The van der Waals surface area contributed by atoms with Gasteiger partial charge < -0.3 is 5.32 Å². The Morgan fingerprint density at radius 1 is 1.15 bits per heavy atom. The number of carbonyl (C=O) groups excluding carboxylic acids is 1. The first-order chi connectivity index (χ1) is 13.1. The summed E-state index contributed by atoms with van der Waals surface area (Å²) in [4.78, 5) is 12.5. The van der Waals surface area contributed by atoms with Crippen LogP contribution >= 0.6 is 12.2 Å². The fraction of sp³-hybridized carbons (Fsp3) is 0.286. The minimum absolute atomic E-state index is 0.107. The van der Waals surface area contributed by atoms with Crippen LogP contribution in [0.25, 0.3) is 11.4 Å². The molecule has 140 valence electrons. The Morgan fingerprint density at radius 3 is 2.52 bits per heavy atom. The first-order valence-corrected chi connectivity index (χ1v) is 9.58. The fourth-order valence-corrected chi connectivity index (χ4v) is 3.06. The van der Waals surface area contributed by atoms with E-state index >= 15 is 0 Å². The summed E-state index contributed by atoms with van der Waals surface area (Å²) in [6.07, 6.45) is 3.41. The second-order valence-corrected chi connectivity index (χ2v) is 7.04. The van der Waals surface area contributed by atoms with Crippen molar-refractivity contribution in [3.05, 3.63) is 64.4 Å². The molecule has 0 aliphatic heterocycles. The van der Waals surface area contributed by atoms with Crippen LogP contribution in [0, 0.1) is 11.7 Å². The number of unbranched alkanes of at least 4 members (excludes halogenated alkanes) is 1. The van der Waals surface area contributed by atoms with Crippen LogP contribution in [0.15, 0.2) is 48.5 Å². The molecule has 0 saturated heterocycles. The summed E-state index contributed by atoms with van der Waals surface area (Å²) in [6.45, 7) is 4.32. The third-order valence-electron chi connectivity index (χ3n) is 4.43. The van der Waals surface area contributed by atoms with E-state index in [2.05, 4.69) is 34.6 Å². The Morgan fingerprint density at radius 2 is 1.85 bits per heavy atom. The molecule has 1 aromatic heterocycles. The molecule has 0 unspecified atom stereocenters. The monoisotopic (exact) mass is 380 g/mol. The number of aromatic nitrogens is 3. The molecule has 1 amide bonds. The SMILES string of the molecule is CCCCc1ccc(NC(=O)Cn2c(-c3ccc(C)cc3)n[nH]c2=S)cc1. The van der Waals surface area contributed by atoms with E-state index in [1.165, 1.54) is 24.0 Å². The van der Waals surface area contributed by atoms with E-state index in [9.17, 15) is 4.79 Å². The highest BCUT2D eigenvalue weighted by Gasteiger charge is 2.12. The summed E-state index contributed by atoms with van der Waals surface area (Å²) in [5.41, 5.74) is 4.15. The van der Waals surface area contributed by atoms with E-state index in [-0.39, 0.29) is 12.5 Å². The van der Waals surface area contributed by atoms with Crippen molar-refractivity contribution in [3.63, 3.8) is 0 Å². The minimum atomic E-state index is -0.137. The summed E-state index contributed by atoms with van der Waals surface area (Å²) in [5.74, 6) is 0.521.